The number of halogens is 3. The lowest BCUT2D eigenvalue weighted by molar-refractivity contribution is -0.114. The molecule has 1 aromatic rings. The van der Waals surface area contributed by atoms with Crippen LogP contribution in [0.2, 0.25) is 0 Å². The van der Waals surface area contributed by atoms with Gasteiger partial charge in [-0.05, 0) is 12.1 Å². The van der Waals surface area contributed by atoms with Gasteiger partial charge in [0, 0.05) is 6.92 Å². The van der Waals surface area contributed by atoms with Gasteiger partial charge in [-0.3, -0.25) is 4.79 Å². The highest BCUT2D eigenvalue weighted by molar-refractivity contribution is 7.88. The highest BCUT2D eigenvalue weighted by Gasteiger charge is 2.48. The predicted octanol–water partition coefficient (Wildman–Crippen LogP) is 1.87. The van der Waals surface area contributed by atoms with Crippen molar-refractivity contribution < 1.29 is 30.6 Å². The first-order valence-corrected chi connectivity index (χ1v) is 5.91. The number of alkyl halides is 3. The fourth-order valence-electron chi connectivity index (χ4n) is 0.998. The van der Waals surface area contributed by atoms with E-state index in [2.05, 4.69) is 9.50 Å². The average molecular weight is 283 g/mol. The minimum atomic E-state index is -5.76. The zero-order valence-electron chi connectivity index (χ0n) is 8.98. The fraction of sp³-hybridized carbons (Fsp3) is 0.222. The molecule has 100 valence electrons. The van der Waals surface area contributed by atoms with Crippen molar-refractivity contribution in [3.63, 3.8) is 0 Å². The van der Waals surface area contributed by atoms with Crippen LogP contribution >= 0.6 is 0 Å². The van der Waals surface area contributed by atoms with Gasteiger partial charge in [0.05, 0.1) is 5.69 Å². The SMILES string of the molecule is CC(=O)Nc1ccccc1OS(=O)(=O)C(F)(F)F. The summed E-state index contributed by atoms with van der Waals surface area (Å²) in [7, 11) is -5.76. The molecule has 0 spiro atoms. The standard InChI is InChI=1S/C9H8F3NO4S/c1-6(14)13-7-4-2-3-5-8(7)17-18(15,16)9(10,11)12/h2-5H,1H3,(H,13,14). The van der Waals surface area contributed by atoms with Gasteiger partial charge in [-0.2, -0.15) is 21.6 Å². The molecular formula is C9H8F3NO4S. The first-order valence-electron chi connectivity index (χ1n) is 4.51. The molecule has 1 amide bonds. The van der Waals surface area contributed by atoms with Crippen molar-refractivity contribution in [1.82, 2.24) is 0 Å². The van der Waals surface area contributed by atoms with Crippen molar-refractivity contribution in [2.24, 2.45) is 0 Å². The maximum Gasteiger partial charge on any atom is 0.534 e. The monoisotopic (exact) mass is 283 g/mol. The van der Waals surface area contributed by atoms with Crippen molar-refractivity contribution in [3.8, 4) is 5.75 Å². The molecular weight excluding hydrogens is 275 g/mol. The molecule has 0 saturated heterocycles. The van der Waals surface area contributed by atoms with Gasteiger partial charge in [0.25, 0.3) is 0 Å². The van der Waals surface area contributed by atoms with Crippen LogP contribution in [0.15, 0.2) is 24.3 Å². The minimum Gasteiger partial charge on any atom is -0.374 e. The molecule has 9 heteroatoms. The van der Waals surface area contributed by atoms with Crippen LogP contribution in [0.25, 0.3) is 0 Å². The molecule has 0 aliphatic rings. The normalized spacial score (nSPS) is 12.0. The molecule has 0 unspecified atom stereocenters. The van der Waals surface area contributed by atoms with E-state index in [4.69, 9.17) is 0 Å². The third-order valence-electron chi connectivity index (χ3n) is 1.68. The quantitative estimate of drug-likeness (QED) is 0.679. The molecule has 0 radical (unpaired) electrons. The maximum absolute atomic E-state index is 12.1. The summed E-state index contributed by atoms with van der Waals surface area (Å²) in [4.78, 5) is 10.8. The number of anilines is 1. The Morgan fingerprint density at radius 3 is 2.33 bits per heavy atom. The number of hydrogen-bond acceptors (Lipinski definition) is 4. The lowest BCUT2D eigenvalue weighted by Crippen LogP contribution is -2.28. The lowest BCUT2D eigenvalue weighted by Gasteiger charge is -2.12. The Hall–Kier alpha value is -1.77. The van der Waals surface area contributed by atoms with E-state index in [-0.39, 0.29) is 5.69 Å². The summed E-state index contributed by atoms with van der Waals surface area (Å²) in [5, 5.41) is 2.15. The predicted molar refractivity (Wildman–Crippen MR) is 56.3 cm³/mol. The van der Waals surface area contributed by atoms with E-state index in [1.165, 1.54) is 18.2 Å². The molecule has 0 aliphatic heterocycles. The van der Waals surface area contributed by atoms with E-state index < -0.39 is 27.3 Å². The van der Waals surface area contributed by atoms with Gasteiger partial charge in [0.1, 0.15) is 0 Å². The number of para-hydroxylation sites is 2. The van der Waals surface area contributed by atoms with Gasteiger partial charge in [-0.15, -0.1) is 0 Å². The second-order valence-corrected chi connectivity index (χ2v) is 4.70. The zero-order valence-corrected chi connectivity index (χ0v) is 9.80. The second kappa shape index (κ2) is 4.84. The molecule has 5 nitrogen and oxygen atoms in total. The van der Waals surface area contributed by atoms with Crippen LogP contribution in [0.1, 0.15) is 6.92 Å². The van der Waals surface area contributed by atoms with Gasteiger partial charge in [0.15, 0.2) is 5.75 Å². The summed E-state index contributed by atoms with van der Waals surface area (Å²) < 4.78 is 61.9. The molecule has 0 heterocycles. The van der Waals surface area contributed by atoms with Gasteiger partial charge in [-0.1, -0.05) is 12.1 Å². The summed E-state index contributed by atoms with van der Waals surface area (Å²) in [5.41, 5.74) is -5.70. The summed E-state index contributed by atoms with van der Waals surface area (Å²) in [6, 6.07) is 4.88. The fourth-order valence-corrected chi connectivity index (χ4v) is 1.47. The average Bonchev–Trinajstić information content (AvgIpc) is 2.18. The zero-order chi connectivity index (χ0) is 14.0. The first-order chi connectivity index (χ1) is 8.13. The number of hydrogen-bond donors (Lipinski definition) is 1. The maximum atomic E-state index is 12.1. The van der Waals surface area contributed by atoms with Gasteiger partial charge in [0.2, 0.25) is 5.91 Å². The van der Waals surface area contributed by atoms with Crippen molar-refractivity contribution >= 4 is 21.7 Å². The Morgan fingerprint density at radius 1 is 1.28 bits per heavy atom. The number of benzene rings is 1. The smallest absolute Gasteiger partial charge is 0.374 e. The van der Waals surface area contributed by atoms with Crippen LogP contribution in [0.3, 0.4) is 0 Å². The third-order valence-corrected chi connectivity index (χ3v) is 2.65. The highest BCUT2D eigenvalue weighted by atomic mass is 32.2. The lowest BCUT2D eigenvalue weighted by atomic mass is 10.3. The summed E-state index contributed by atoms with van der Waals surface area (Å²) in [5.74, 6) is -1.18. The highest BCUT2D eigenvalue weighted by Crippen LogP contribution is 2.31. The third kappa shape index (κ3) is 3.36. The minimum absolute atomic E-state index is 0.169. The van der Waals surface area contributed by atoms with E-state index in [1.807, 2.05) is 0 Å². The number of carbonyl (C=O) groups is 1. The number of rotatable bonds is 3. The summed E-state index contributed by atoms with van der Waals surface area (Å²) in [6.45, 7) is 1.12. The van der Waals surface area contributed by atoms with E-state index in [0.717, 1.165) is 13.0 Å². The van der Waals surface area contributed by atoms with Crippen molar-refractivity contribution in [3.05, 3.63) is 24.3 Å². The van der Waals surface area contributed by atoms with Gasteiger partial charge < -0.3 is 9.50 Å². The summed E-state index contributed by atoms with van der Waals surface area (Å²) >= 11 is 0. The number of carbonyl (C=O) groups excluding carboxylic acids is 1. The van der Waals surface area contributed by atoms with Crippen LogP contribution in [0.4, 0.5) is 18.9 Å². The Balaban J connectivity index is 3.09. The Morgan fingerprint density at radius 2 is 1.83 bits per heavy atom. The van der Waals surface area contributed by atoms with Crippen LogP contribution < -0.4 is 9.50 Å². The topological polar surface area (TPSA) is 72.5 Å². The molecule has 18 heavy (non-hydrogen) atoms. The van der Waals surface area contributed by atoms with Crippen molar-refractivity contribution in [1.29, 1.82) is 0 Å². The molecule has 1 aromatic carbocycles. The number of amides is 1. The largest absolute Gasteiger partial charge is 0.534 e. The second-order valence-electron chi connectivity index (χ2n) is 3.16. The van der Waals surface area contributed by atoms with Crippen LogP contribution in [0, 0.1) is 0 Å². The van der Waals surface area contributed by atoms with Gasteiger partial charge >= 0.3 is 15.6 Å². The van der Waals surface area contributed by atoms with Crippen LogP contribution in [0.5, 0.6) is 5.75 Å². The van der Waals surface area contributed by atoms with Crippen molar-refractivity contribution in [2.75, 3.05) is 5.32 Å². The molecule has 0 fully saturated rings. The molecule has 1 rings (SSSR count). The van der Waals surface area contributed by atoms with E-state index in [0.29, 0.717) is 0 Å². The Bertz CT molecular complexity index is 553. The van der Waals surface area contributed by atoms with Gasteiger partial charge in [-0.25, -0.2) is 0 Å². The molecule has 0 atom stereocenters. The number of nitrogens with one attached hydrogen (secondary N) is 1. The Labute approximate surface area is 101 Å². The first kappa shape index (κ1) is 14.3. The van der Waals surface area contributed by atoms with Crippen LogP contribution in [-0.4, -0.2) is 19.8 Å². The molecule has 0 aromatic heterocycles. The summed E-state index contributed by atoms with van der Waals surface area (Å²) in [6.07, 6.45) is 0. The van der Waals surface area contributed by atoms with E-state index in [9.17, 15) is 26.4 Å². The molecule has 1 N–H and O–H groups in total. The van der Waals surface area contributed by atoms with Crippen LogP contribution in [-0.2, 0) is 14.9 Å². The Kier molecular flexibility index (Phi) is 3.85. The van der Waals surface area contributed by atoms with E-state index in [1.54, 1.807) is 0 Å². The van der Waals surface area contributed by atoms with Crippen molar-refractivity contribution in [2.45, 2.75) is 12.4 Å². The molecule has 0 saturated carbocycles. The molecule has 0 aliphatic carbocycles. The molecule has 0 bridgehead atoms. The van der Waals surface area contributed by atoms with E-state index >= 15 is 0 Å².